The van der Waals surface area contributed by atoms with Crippen molar-refractivity contribution in [2.75, 3.05) is 6.54 Å². The molecule has 1 saturated carbocycles. The Bertz CT molecular complexity index is 682. The van der Waals surface area contributed by atoms with Crippen molar-refractivity contribution < 1.29 is 4.79 Å². The van der Waals surface area contributed by atoms with Crippen molar-refractivity contribution in [1.29, 1.82) is 0 Å². The van der Waals surface area contributed by atoms with E-state index in [2.05, 4.69) is 21.6 Å². The summed E-state index contributed by atoms with van der Waals surface area (Å²) in [6.07, 6.45) is 3.60. The molecule has 0 saturated heterocycles. The Balaban J connectivity index is 1.64. The van der Waals surface area contributed by atoms with Gasteiger partial charge in [0.25, 0.3) is 0 Å². The molecule has 116 valence electrons. The zero-order valence-electron chi connectivity index (χ0n) is 12.4. The van der Waals surface area contributed by atoms with Gasteiger partial charge in [0.15, 0.2) is 0 Å². The second kappa shape index (κ2) is 6.34. The van der Waals surface area contributed by atoms with E-state index in [1.54, 1.807) is 0 Å². The molecule has 1 heterocycles. The number of aromatic nitrogens is 2. The van der Waals surface area contributed by atoms with Crippen molar-refractivity contribution in [3.05, 3.63) is 44.9 Å². The molecule has 0 unspecified atom stereocenters. The monoisotopic (exact) mass is 335 g/mol. The molecule has 1 aromatic heterocycles. The minimum Gasteiger partial charge on any atom is -0.355 e. The van der Waals surface area contributed by atoms with Gasteiger partial charge in [0.2, 0.25) is 5.91 Å². The first-order chi connectivity index (χ1) is 10.6. The first-order valence-electron chi connectivity index (χ1n) is 7.40. The van der Waals surface area contributed by atoms with Gasteiger partial charge in [-0.15, -0.1) is 21.5 Å². The molecule has 4 nitrogen and oxygen atoms in total. The number of rotatable bonds is 5. The molecule has 1 aliphatic carbocycles. The molecular weight excluding hydrogens is 318 g/mol. The number of halogens is 1. The molecule has 3 rings (SSSR count). The van der Waals surface area contributed by atoms with E-state index in [4.69, 9.17) is 11.6 Å². The van der Waals surface area contributed by atoms with Crippen LogP contribution in [-0.4, -0.2) is 22.6 Å². The number of amides is 1. The number of nitrogens with zero attached hydrogens (tertiary/aromatic N) is 2. The van der Waals surface area contributed by atoms with Crippen LogP contribution in [0.25, 0.3) is 0 Å². The molecule has 0 atom stereocenters. The summed E-state index contributed by atoms with van der Waals surface area (Å²) >= 11 is 7.80. The topological polar surface area (TPSA) is 54.9 Å². The second-order valence-electron chi connectivity index (χ2n) is 5.78. The maximum absolute atomic E-state index is 12.1. The number of hydrogen-bond acceptors (Lipinski definition) is 4. The van der Waals surface area contributed by atoms with Gasteiger partial charge < -0.3 is 5.32 Å². The lowest BCUT2D eigenvalue weighted by atomic mass is 9.64. The fourth-order valence-corrected chi connectivity index (χ4v) is 3.96. The van der Waals surface area contributed by atoms with Gasteiger partial charge >= 0.3 is 0 Å². The fourth-order valence-electron chi connectivity index (χ4n) is 2.91. The predicted octanol–water partition coefficient (Wildman–Crippen LogP) is 3.28. The molecule has 2 aromatic rings. The third-order valence-electron chi connectivity index (χ3n) is 4.26. The Morgan fingerprint density at radius 3 is 2.73 bits per heavy atom. The molecule has 1 aromatic carbocycles. The Morgan fingerprint density at radius 2 is 2.14 bits per heavy atom. The molecule has 0 bridgehead atoms. The lowest BCUT2D eigenvalue weighted by Crippen LogP contribution is -2.46. The van der Waals surface area contributed by atoms with Gasteiger partial charge in [-0.25, -0.2) is 0 Å². The molecular formula is C16H18ClN3OS. The molecule has 1 aliphatic rings. The third-order valence-corrected chi connectivity index (χ3v) is 5.43. The van der Waals surface area contributed by atoms with E-state index < -0.39 is 0 Å². The quantitative estimate of drug-likeness (QED) is 0.912. The Hall–Kier alpha value is -1.46. The highest BCUT2D eigenvalue weighted by Crippen LogP contribution is 2.45. The van der Waals surface area contributed by atoms with Crippen LogP contribution in [0.4, 0.5) is 0 Å². The van der Waals surface area contributed by atoms with Crippen LogP contribution in [0.3, 0.4) is 0 Å². The van der Waals surface area contributed by atoms with Crippen LogP contribution >= 0.6 is 22.9 Å². The van der Waals surface area contributed by atoms with E-state index in [-0.39, 0.29) is 11.3 Å². The first-order valence-corrected chi connectivity index (χ1v) is 8.59. The van der Waals surface area contributed by atoms with Gasteiger partial charge in [0, 0.05) is 17.0 Å². The average Bonchev–Trinajstić information content (AvgIpc) is 2.84. The molecule has 6 heteroatoms. The van der Waals surface area contributed by atoms with Crippen molar-refractivity contribution in [2.45, 2.75) is 38.0 Å². The highest BCUT2D eigenvalue weighted by Gasteiger charge is 2.40. The summed E-state index contributed by atoms with van der Waals surface area (Å²) in [7, 11) is 0. The molecule has 1 amide bonds. The zero-order chi connectivity index (χ0) is 15.6. The van der Waals surface area contributed by atoms with Crippen LogP contribution in [-0.2, 0) is 16.6 Å². The van der Waals surface area contributed by atoms with Crippen LogP contribution < -0.4 is 5.32 Å². The van der Waals surface area contributed by atoms with Crippen LogP contribution in [0, 0.1) is 6.92 Å². The number of carbonyl (C=O) groups is 1. The molecule has 1 N–H and O–H groups in total. The van der Waals surface area contributed by atoms with Gasteiger partial charge in [-0.1, -0.05) is 36.2 Å². The molecule has 0 spiro atoms. The van der Waals surface area contributed by atoms with Crippen LogP contribution in [0.5, 0.6) is 0 Å². The van der Waals surface area contributed by atoms with Crippen molar-refractivity contribution >= 4 is 28.8 Å². The fraction of sp³-hybridized carbons (Fsp3) is 0.438. The number of carbonyl (C=O) groups excluding carboxylic acids is 1. The summed E-state index contributed by atoms with van der Waals surface area (Å²) in [6, 6.07) is 7.94. The Morgan fingerprint density at radius 1 is 1.36 bits per heavy atom. The van der Waals surface area contributed by atoms with Crippen molar-refractivity contribution in [3.63, 3.8) is 0 Å². The summed E-state index contributed by atoms with van der Waals surface area (Å²) < 4.78 is 0. The number of hydrogen-bond donors (Lipinski definition) is 1. The average molecular weight is 336 g/mol. The third kappa shape index (κ3) is 3.15. The van der Waals surface area contributed by atoms with Crippen molar-refractivity contribution in [2.24, 2.45) is 0 Å². The Kier molecular flexibility index (Phi) is 4.45. The van der Waals surface area contributed by atoms with Crippen LogP contribution in [0.15, 0.2) is 24.3 Å². The van der Waals surface area contributed by atoms with Gasteiger partial charge in [-0.3, -0.25) is 4.79 Å². The number of aryl methyl sites for hydroxylation is 1. The summed E-state index contributed by atoms with van der Waals surface area (Å²) in [5.74, 6) is -0.00511. The van der Waals surface area contributed by atoms with Crippen LogP contribution in [0.2, 0.25) is 5.02 Å². The lowest BCUT2D eigenvalue weighted by Gasteiger charge is -2.43. The largest absolute Gasteiger partial charge is 0.355 e. The van der Waals surface area contributed by atoms with Crippen LogP contribution in [0.1, 0.15) is 34.8 Å². The summed E-state index contributed by atoms with van der Waals surface area (Å²) in [5, 5.41) is 13.4. The maximum Gasteiger partial charge on any atom is 0.226 e. The maximum atomic E-state index is 12.1. The number of benzene rings is 1. The lowest BCUT2D eigenvalue weighted by molar-refractivity contribution is -0.120. The molecule has 22 heavy (non-hydrogen) atoms. The SMILES string of the molecule is Cc1nnc(CC(=O)NCC2(c3ccccc3Cl)CCC2)s1. The zero-order valence-corrected chi connectivity index (χ0v) is 14.0. The van der Waals surface area contributed by atoms with E-state index in [1.807, 2.05) is 25.1 Å². The molecule has 0 aliphatic heterocycles. The van der Waals surface area contributed by atoms with E-state index in [0.29, 0.717) is 13.0 Å². The summed E-state index contributed by atoms with van der Waals surface area (Å²) in [6.45, 7) is 2.52. The first kappa shape index (κ1) is 15.4. The van der Waals surface area contributed by atoms with E-state index >= 15 is 0 Å². The minimum absolute atomic E-state index is 0.00511. The van der Waals surface area contributed by atoms with E-state index in [9.17, 15) is 4.79 Å². The van der Waals surface area contributed by atoms with Gasteiger partial charge in [-0.05, 0) is 31.4 Å². The minimum atomic E-state index is -0.00888. The van der Waals surface area contributed by atoms with Gasteiger partial charge in [-0.2, -0.15) is 0 Å². The molecule has 1 fully saturated rings. The predicted molar refractivity (Wildman–Crippen MR) is 88.3 cm³/mol. The summed E-state index contributed by atoms with van der Waals surface area (Å²) in [5.41, 5.74) is 1.14. The number of nitrogens with one attached hydrogen (secondary N) is 1. The standard InChI is InChI=1S/C16H18ClN3OS/c1-11-19-20-15(22-11)9-14(21)18-10-16(7-4-8-16)12-5-2-3-6-13(12)17/h2-3,5-6H,4,7-10H2,1H3,(H,18,21). The normalized spacial score (nSPS) is 16.1. The summed E-state index contributed by atoms with van der Waals surface area (Å²) in [4.78, 5) is 12.1. The van der Waals surface area contributed by atoms with E-state index in [1.165, 1.54) is 17.8 Å². The second-order valence-corrected chi connectivity index (χ2v) is 7.46. The van der Waals surface area contributed by atoms with Crippen molar-refractivity contribution in [1.82, 2.24) is 15.5 Å². The van der Waals surface area contributed by atoms with Gasteiger partial charge in [0.05, 0.1) is 6.42 Å². The Labute approximate surface area is 138 Å². The highest BCUT2D eigenvalue weighted by molar-refractivity contribution is 7.11. The van der Waals surface area contributed by atoms with Gasteiger partial charge in [0.1, 0.15) is 10.0 Å². The molecule has 0 radical (unpaired) electrons. The van der Waals surface area contributed by atoms with E-state index in [0.717, 1.165) is 33.4 Å². The van der Waals surface area contributed by atoms with Crippen molar-refractivity contribution in [3.8, 4) is 0 Å². The highest BCUT2D eigenvalue weighted by atomic mass is 35.5. The smallest absolute Gasteiger partial charge is 0.226 e.